The smallest absolute Gasteiger partial charge is 0.136 e. The van der Waals surface area contributed by atoms with Gasteiger partial charge in [0, 0.05) is 10.4 Å². The van der Waals surface area contributed by atoms with E-state index in [1.165, 1.54) is 17.8 Å². The topological polar surface area (TPSA) is 32.3 Å². The maximum Gasteiger partial charge on any atom is 0.136 e. The summed E-state index contributed by atoms with van der Waals surface area (Å²) in [6, 6.07) is 3.47. The molecule has 0 spiro atoms. The zero-order valence-electron chi connectivity index (χ0n) is 10.7. The summed E-state index contributed by atoms with van der Waals surface area (Å²) in [6.07, 6.45) is 1.60. The van der Waals surface area contributed by atoms with Gasteiger partial charge in [0.2, 0.25) is 0 Å². The lowest BCUT2D eigenvalue weighted by Gasteiger charge is -2.26. The van der Waals surface area contributed by atoms with Crippen molar-refractivity contribution in [2.45, 2.75) is 30.2 Å². The lowest BCUT2D eigenvalue weighted by Crippen LogP contribution is -2.43. The zero-order valence-corrected chi connectivity index (χ0v) is 11.5. The molecule has 1 aromatic rings. The zero-order chi connectivity index (χ0) is 13.6. The fraction of sp³-hybridized carbons (Fsp3) is 0.538. The normalized spacial score (nSPS) is 14.5. The Morgan fingerprint density at radius 1 is 1.39 bits per heavy atom. The molecule has 0 saturated heterocycles. The first-order valence-electron chi connectivity index (χ1n) is 5.88. The molecule has 0 aliphatic heterocycles. The molecular formula is C13H19F2NOS. The van der Waals surface area contributed by atoms with Gasteiger partial charge >= 0.3 is 0 Å². The molecule has 1 atom stereocenters. The van der Waals surface area contributed by atoms with Gasteiger partial charge in [-0.05, 0) is 50.8 Å². The van der Waals surface area contributed by atoms with Crippen LogP contribution in [0.2, 0.25) is 0 Å². The van der Waals surface area contributed by atoms with Crippen molar-refractivity contribution < 1.29 is 13.9 Å². The fourth-order valence-corrected chi connectivity index (χ4v) is 2.43. The second-order valence-corrected chi connectivity index (χ2v) is 5.63. The predicted octanol–water partition coefficient (Wildman–Crippen LogP) is 2.81. The third-order valence-corrected chi connectivity index (χ3v) is 4.09. The largest absolute Gasteiger partial charge is 0.394 e. The minimum absolute atomic E-state index is 0.0580. The van der Waals surface area contributed by atoms with Crippen LogP contribution < -0.4 is 5.32 Å². The molecule has 0 aliphatic carbocycles. The Bertz CT molecular complexity index is 383. The average molecular weight is 275 g/mol. The van der Waals surface area contributed by atoms with Crippen LogP contribution in [0.15, 0.2) is 23.1 Å². The molecule has 0 radical (unpaired) electrons. The summed E-state index contributed by atoms with van der Waals surface area (Å²) in [5, 5.41) is 12.3. The van der Waals surface area contributed by atoms with E-state index in [1.54, 1.807) is 7.05 Å². The number of nitrogens with one attached hydrogen (secondary N) is 1. The molecule has 0 heterocycles. The molecule has 102 valence electrons. The van der Waals surface area contributed by atoms with Crippen molar-refractivity contribution in [3.8, 4) is 0 Å². The molecule has 0 fully saturated rings. The highest BCUT2D eigenvalue weighted by Crippen LogP contribution is 2.24. The quantitative estimate of drug-likeness (QED) is 0.593. The standard InChI is InChI=1S/C13H19F2NOS/c1-13(9-17,16-2)6-3-7-18-12-8-10(14)4-5-11(12)15/h4-5,8,16-17H,3,6-7,9H2,1-2H3. The number of thioether (sulfide) groups is 1. The van der Waals surface area contributed by atoms with E-state index < -0.39 is 5.82 Å². The van der Waals surface area contributed by atoms with Crippen molar-refractivity contribution >= 4 is 11.8 Å². The third-order valence-electron chi connectivity index (χ3n) is 2.98. The molecule has 0 aliphatic rings. The SMILES string of the molecule is CNC(C)(CO)CCCSc1cc(F)ccc1F. The molecule has 18 heavy (non-hydrogen) atoms. The van der Waals surface area contributed by atoms with E-state index in [2.05, 4.69) is 5.32 Å². The highest BCUT2D eigenvalue weighted by Gasteiger charge is 2.19. The van der Waals surface area contributed by atoms with Crippen molar-refractivity contribution in [1.29, 1.82) is 0 Å². The van der Waals surface area contributed by atoms with E-state index in [0.717, 1.165) is 25.0 Å². The summed E-state index contributed by atoms with van der Waals surface area (Å²) in [7, 11) is 1.80. The maximum atomic E-state index is 13.3. The second kappa shape index (κ2) is 7.07. The summed E-state index contributed by atoms with van der Waals surface area (Å²) in [6.45, 7) is 1.99. The molecule has 2 nitrogen and oxygen atoms in total. The molecule has 0 amide bonds. The van der Waals surface area contributed by atoms with Gasteiger partial charge in [0.05, 0.1) is 6.61 Å². The Morgan fingerprint density at radius 3 is 2.72 bits per heavy atom. The van der Waals surface area contributed by atoms with Gasteiger partial charge in [0.15, 0.2) is 0 Å². The van der Waals surface area contributed by atoms with Crippen LogP contribution in [0.25, 0.3) is 0 Å². The molecule has 0 saturated carbocycles. The highest BCUT2D eigenvalue weighted by molar-refractivity contribution is 7.99. The highest BCUT2D eigenvalue weighted by atomic mass is 32.2. The van der Waals surface area contributed by atoms with E-state index >= 15 is 0 Å². The number of benzene rings is 1. The molecule has 1 unspecified atom stereocenters. The van der Waals surface area contributed by atoms with Crippen molar-refractivity contribution in [2.75, 3.05) is 19.4 Å². The maximum absolute atomic E-state index is 13.3. The molecule has 0 bridgehead atoms. The molecular weight excluding hydrogens is 256 g/mol. The van der Waals surface area contributed by atoms with Gasteiger partial charge in [-0.25, -0.2) is 8.78 Å². The Hall–Kier alpha value is -0.650. The first kappa shape index (κ1) is 15.4. The Morgan fingerprint density at radius 2 is 2.11 bits per heavy atom. The molecule has 0 aromatic heterocycles. The van der Waals surface area contributed by atoms with E-state index in [0.29, 0.717) is 10.6 Å². The first-order valence-corrected chi connectivity index (χ1v) is 6.87. The summed E-state index contributed by atoms with van der Waals surface area (Å²) >= 11 is 1.30. The van der Waals surface area contributed by atoms with Gasteiger partial charge in [-0.3, -0.25) is 0 Å². The summed E-state index contributed by atoms with van der Waals surface area (Å²) < 4.78 is 26.3. The molecule has 2 N–H and O–H groups in total. The molecule has 1 rings (SSSR count). The van der Waals surface area contributed by atoms with E-state index in [9.17, 15) is 13.9 Å². The van der Waals surface area contributed by atoms with Crippen LogP contribution in [-0.4, -0.2) is 30.1 Å². The molecule has 5 heteroatoms. The Kier molecular flexibility index (Phi) is 6.05. The number of aliphatic hydroxyl groups excluding tert-OH is 1. The van der Waals surface area contributed by atoms with Crippen molar-refractivity contribution in [3.05, 3.63) is 29.8 Å². The average Bonchev–Trinajstić information content (AvgIpc) is 2.38. The van der Waals surface area contributed by atoms with E-state index in [1.807, 2.05) is 6.92 Å². The lowest BCUT2D eigenvalue weighted by atomic mass is 9.98. The third kappa shape index (κ3) is 4.55. The summed E-state index contributed by atoms with van der Waals surface area (Å²) in [5.41, 5.74) is -0.305. The number of aliphatic hydroxyl groups is 1. The van der Waals surface area contributed by atoms with Crippen LogP contribution in [0.5, 0.6) is 0 Å². The van der Waals surface area contributed by atoms with Crippen LogP contribution in [-0.2, 0) is 0 Å². The summed E-state index contributed by atoms with van der Waals surface area (Å²) in [4.78, 5) is 0.338. The van der Waals surface area contributed by atoms with Gasteiger partial charge in [-0.1, -0.05) is 0 Å². The summed E-state index contributed by atoms with van der Waals surface area (Å²) in [5.74, 6) is -0.119. The Labute approximate surface area is 111 Å². The minimum Gasteiger partial charge on any atom is -0.394 e. The van der Waals surface area contributed by atoms with Crippen molar-refractivity contribution in [1.82, 2.24) is 5.32 Å². The number of likely N-dealkylation sites (N-methyl/N-ethyl adjacent to an activating group) is 1. The Balaban J connectivity index is 2.40. The predicted molar refractivity (Wildman–Crippen MR) is 70.9 cm³/mol. The number of hydrogen-bond donors (Lipinski definition) is 2. The van der Waals surface area contributed by atoms with Crippen LogP contribution in [0, 0.1) is 11.6 Å². The van der Waals surface area contributed by atoms with Crippen LogP contribution >= 0.6 is 11.8 Å². The van der Waals surface area contributed by atoms with E-state index in [-0.39, 0.29) is 18.0 Å². The minimum atomic E-state index is -0.422. The number of hydrogen-bond acceptors (Lipinski definition) is 3. The van der Waals surface area contributed by atoms with Gasteiger partial charge in [-0.2, -0.15) is 0 Å². The van der Waals surface area contributed by atoms with Gasteiger partial charge in [0.1, 0.15) is 11.6 Å². The van der Waals surface area contributed by atoms with Gasteiger partial charge in [0.25, 0.3) is 0 Å². The number of halogens is 2. The molecule has 1 aromatic carbocycles. The monoisotopic (exact) mass is 275 g/mol. The van der Waals surface area contributed by atoms with Crippen LogP contribution in [0.4, 0.5) is 8.78 Å². The fourth-order valence-electron chi connectivity index (χ4n) is 1.52. The number of rotatable bonds is 7. The van der Waals surface area contributed by atoms with Crippen LogP contribution in [0.3, 0.4) is 0 Å². The first-order chi connectivity index (χ1) is 8.50. The van der Waals surface area contributed by atoms with Crippen LogP contribution in [0.1, 0.15) is 19.8 Å². The van der Waals surface area contributed by atoms with Crippen molar-refractivity contribution in [3.63, 3.8) is 0 Å². The second-order valence-electron chi connectivity index (χ2n) is 4.50. The van der Waals surface area contributed by atoms with Gasteiger partial charge in [-0.15, -0.1) is 11.8 Å². The lowest BCUT2D eigenvalue weighted by molar-refractivity contribution is 0.173. The van der Waals surface area contributed by atoms with E-state index in [4.69, 9.17) is 0 Å². The van der Waals surface area contributed by atoms with Crippen molar-refractivity contribution in [2.24, 2.45) is 0 Å². The van der Waals surface area contributed by atoms with Gasteiger partial charge < -0.3 is 10.4 Å².